The van der Waals surface area contributed by atoms with Crippen molar-refractivity contribution < 1.29 is 14.3 Å². The maximum atomic E-state index is 12.6. The molecule has 0 bridgehead atoms. The molecule has 0 fully saturated rings. The van der Waals surface area contributed by atoms with E-state index in [0.29, 0.717) is 22.6 Å². The zero-order valence-corrected chi connectivity index (χ0v) is 14.0. The van der Waals surface area contributed by atoms with Gasteiger partial charge in [0.2, 0.25) is 5.91 Å². The second kappa shape index (κ2) is 7.98. The summed E-state index contributed by atoms with van der Waals surface area (Å²) in [4.78, 5) is 24.3. The third-order valence-corrected chi connectivity index (χ3v) is 3.77. The maximum Gasteiger partial charge on any atom is 0.252 e. The number of primary amides is 1. The molecular formula is C21H18N2O3. The molecule has 0 heterocycles. The van der Waals surface area contributed by atoms with Crippen molar-refractivity contribution in [1.29, 1.82) is 0 Å². The first-order valence-electron chi connectivity index (χ1n) is 8.11. The molecule has 0 radical (unpaired) electrons. The van der Waals surface area contributed by atoms with Gasteiger partial charge in [0.1, 0.15) is 17.5 Å². The number of hydrogen-bond acceptors (Lipinski definition) is 3. The van der Waals surface area contributed by atoms with E-state index < -0.39 is 17.9 Å². The van der Waals surface area contributed by atoms with E-state index in [9.17, 15) is 9.59 Å². The molecule has 0 spiro atoms. The molecule has 0 saturated carbocycles. The van der Waals surface area contributed by atoms with E-state index >= 15 is 0 Å². The molecule has 3 aromatic carbocycles. The van der Waals surface area contributed by atoms with Gasteiger partial charge >= 0.3 is 0 Å². The Kier molecular flexibility index (Phi) is 5.29. The molecule has 3 rings (SSSR count). The number of ether oxygens (including phenoxy) is 1. The van der Waals surface area contributed by atoms with Gasteiger partial charge in [-0.05, 0) is 35.9 Å². The lowest BCUT2D eigenvalue weighted by Gasteiger charge is -2.16. The average molecular weight is 346 g/mol. The summed E-state index contributed by atoms with van der Waals surface area (Å²) in [6, 6.07) is 24.0. The van der Waals surface area contributed by atoms with Crippen molar-refractivity contribution in [3.8, 4) is 11.5 Å². The van der Waals surface area contributed by atoms with Crippen molar-refractivity contribution in [2.75, 3.05) is 0 Å². The normalized spacial score (nSPS) is 11.4. The van der Waals surface area contributed by atoms with Crippen LogP contribution < -0.4 is 15.8 Å². The van der Waals surface area contributed by atoms with Crippen molar-refractivity contribution in [2.24, 2.45) is 5.73 Å². The number of nitrogens with two attached hydrogens (primary N) is 1. The van der Waals surface area contributed by atoms with Crippen LogP contribution in [0, 0.1) is 0 Å². The second-order valence-corrected chi connectivity index (χ2v) is 5.66. The average Bonchev–Trinajstić information content (AvgIpc) is 2.67. The highest BCUT2D eigenvalue weighted by Crippen LogP contribution is 2.22. The summed E-state index contributed by atoms with van der Waals surface area (Å²) in [7, 11) is 0. The van der Waals surface area contributed by atoms with Crippen LogP contribution in [0.3, 0.4) is 0 Å². The lowest BCUT2D eigenvalue weighted by molar-refractivity contribution is -0.120. The molecule has 3 aromatic rings. The van der Waals surface area contributed by atoms with E-state index in [-0.39, 0.29) is 0 Å². The number of rotatable bonds is 6. The number of para-hydroxylation sites is 1. The van der Waals surface area contributed by atoms with Crippen LogP contribution in [-0.4, -0.2) is 11.8 Å². The summed E-state index contributed by atoms with van der Waals surface area (Å²) in [5.74, 6) is 0.168. The Morgan fingerprint density at radius 1 is 0.808 bits per heavy atom. The van der Waals surface area contributed by atoms with E-state index in [4.69, 9.17) is 10.5 Å². The lowest BCUT2D eigenvalue weighted by Crippen LogP contribution is -2.37. The second-order valence-electron chi connectivity index (χ2n) is 5.66. The minimum Gasteiger partial charge on any atom is -0.457 e. The Labute approximate surface area is 151 Å². The summed E-state index contributed by atoms with van der Waals surface area (Å²) < 4.78 is 5.73. The molecular weight excluding hydrogens is 328 g/mol. The van der Waals surface area contributed by atoms with Crippen LogP contribution in [0.4, 0.5) is 0 Å². The fourth-order valence-electron chi connectivity index (χ4n) is 2.50. The summed E-state index contributed by atoms with van der Waals surface area (Å²) in [5, 5.41) is 2.67. The first kappa shape index (κ1) is 17.2. The molecule has 3 N–H and O–H groups in total. The maximum absolute atomic E-state index is 12.6. The van der Waals surface area contributed by atoms with Gasteiger partial charge < -0.3 is 15.8 Å². The number of carbonyl (C=O) groups is 2. The molecule has 0 aliphatic rings. The number of hydrogen-bond donors (Lipinski definition) is 2. The Hall–Kier alpha value is -3.60. The molecule has 0 aliphatic carbocycles. The SMILES string of the molecule is NC(=O)C(NC(=O)c1cccc(Oc2ccccc2)c1)c1ccccc1. The molecule has 5 nitrogen and oxygen atoms in total. The third kappa shape index (κ3) is 4.27. The standard InChI is InChI=1S/C21H18N2O3/c22-20(24)19(15-8-3-1-4-9-15)23-21(25)16-10-7-13-18(14-16)26-17-11-5-2-6-12-17/h1-14,19H,(H2,22,24)(H,23,25). The minimum absolute atomic E-state index is 0.376. The van der Waals surface area contributed by atoms with E-state index in [1.165, 1.54) is 0 Å². The first-order chi connectivity index (χ1) is 12.6. The van der Waals surface area contributed by atoms with Crippen LogP contribution in [0.25, 0.3) is 0 Å². The van der Waals surface area contributed by atoms with Crippen molar-refractivity contribution in [3.05, 3.63) is 96.1 Å². The smallest absolute Gasteiger partial charge is 0.252 e. The molecule has 1 unspecified atom stereocenters. The predicted octanol–water partition coefficient (Wildman–Crippen LogP) is 3.44. The molecule has 0 saturated heterocycles. The fourth-order valence-corrected chi connectivity index (χ4v) is 2.50. The van der Waals surface area contributed by atoms with Gasteiger partial charge in [-0.2, -0.15) is 0 Å². The van der Waals surface area contributed by atoms with Crippen molar-refractivity contribution in [1.82, 2.24) is 5.32 Å². The fraction of sp³-hybridized carbons (Fsp3) is 0.0476. The Morgan fingerprint density at radius 3 is 2.08 bits per heavy atom. The van der Waals surface area contributed by atoms with Gasteiger partial charge in [0, 0.05) is 5.56 Å². The quantitative estimate of drug-likeness (QED) is 0.717. The minimum atomic E-state index is -0.901. The van der Waals surface area contributed by atoms with Crippen molar-refractivity contribution in [3.63, 3.8) is 0 Å². The Balaban J connectivity index is 1.77. The van der Waals surface area contributed by atoms with Crippen LogP contribution in [0.5, 0.6) is 11.5 Å². The zero-order valence-electron chi connectivity index (χ0n) is 14.0. The van der Waals surface area contributed by atoms with Crippen molar-refractivity contribution in [2.45, 2.75) is 6.04 Å². The molecule has 1 atom stereocenters. The third-order valence-electron chi connectivity index (χ3n) is 3.77. The highest BCUT2D eigenvalue weighted by molar-refractivity contribution is 5.97. The molecule has 5 heteroatoms. The lowest BCUT2D eigenvalue weighted by atomic mass is 10.1. The van der Waals surface area contributed by atoms with Gasteiger partial charge in [0.15, 0.2) is 0 Å². The van der Waals surface area contributed by atoms with E-state index in [1.54, 1.807) is 48.5 Å². The van der Waals surface area contributed by atoms with Gasteiger partial charge in [-0.25, -0.2) is 0 Å². The summed E-state index contributed by atoms with van der Waals surface area (Å²) in [5.41, 5.74) is 6.45. The first-order valence-corrected chi connectivity index (χ1v) is 8.11. The van der Waals surface area contributed by atoms with E-state index in [2.05, 4.69) is 5.32 Å². The highest BCUT2D eigenvalue weighted by atomic mass is 16.5. The topological polar surface area (TPSA) is 81.4 Å². The summed E-state index contributed by atoms with van der Waals surface area (Å²) in [6.45, 7) is 0. The largest absolute Gasteiger partial charge is 0.457 e. The Morgan fingerprint density at radius 2 is 1.42 bits per heavy atom. The van der Waals surface area contributed by atoms with Gasteiger partial charge in [-0.1, -0.05) is 54.6 Å². The summed E-state index contributed by atoms with van der Waals surface area (Å²) >= 11 is 0. The molecule has 2 amide bonds. The number of carbonyl (C=O) groups excluding carboxylic acids is 2. The van der Waals surface area contributed by atoms with Crippen LogP contribution in [-0.2, 0) is 4.79 Å². The number of benzene rings is 3. The van der Waals surface area contributed by atoms with Crippen LogP contribution in [0.1, 0.15) is 22.0 Å². The van der Waals surface area contributed by atoms with Crippen LogP contribution in [0.15, 0.2) is 84.9 Å². The number of amides is 2. The van der Waals surface area contributed by atoms with E-state index in [1.807, 2.05) is 36.4 Å². The summed E-state index contributed by atoms with van der Waals surface area (Å²) in [6.07, 6.45) is 0. The molecule has 130 valence electrons. The van der Waals surface area contributed by atoms with Crippen LogP contribution >= 0.6 is 0 Å². The molecule has 0 aliphatic heterocycles. The molecule has 0 aromatic heterocycles. The van der Waals surface area contributed by atoms with Gasteiger partial charge in [-0.3, -0.25) is 9.59 Å². The zero-order chi connectivity index (χ0) is 18.4. The van der Waals surface area contributed by atoms with Gasteiger partial charge in [0.05, 0.1) is 0 Å². The van der Waals surface area contributed by atoms with Crippen LogP contribution in [0.2, 0.25) is 0 Å². The van der Waals surface area contributed by atoms with Gasteiger partial charge in [0.25, 0.3) is 5.91 Å². The monoisotopic (exact) mass is 346 g/mol. The molecule has 26 heavy (non-hydrogen) atoms. The highest BCUT2D eigenvalue weighted by Gasteiger charge is 2.21. The van der Waals surface area contributed by atoms with Gasteiger partial charge in [-0.15, -0.1) is 0 Å². The van der Waals surface area contributed by atoms with Crippen molar-refractivity contribution >= 4 is 11.8 Å². The Bertz CT molecular complexity index is 895. The predicted molar refractivity (Wildman–Crippen MR) is 98.8 cm³/mol. The van der Waals surface area contributed by atoms with E-state index in [0.717, 1.165) is 0 Å². The number of nitrogens with one attached hydrogen (secondary N) is 1.